The number of nitrogens with zero attached hydrogens (tertiary/aromatic N) is 3. The summed E-state index contributed by atoms with van der Waals surface area (Å²) in [6, 6.07) is 10.5. The molecule has 0 N–H and O–H groups in total. The van der Waals surface area contributed by atoms with E-state index in [-0.39, 0.29) is 11.7 Å². The Hall–Kier alpha value is -2.32. The first kappa shape index (κ1) is 22.4. The van der Waals surface area contributed by atoms with Crippen molar-refractivity contribution >= 4 is 38.9 Å². The van der Waals surface area contributed by atoms with Crippen molar-refractivity contribution in [3.8, 4) is 0 Å². The zero-order valence-corrected chi connectivity index (χ0v) is 18.8. The van der Waals surface area contributed by atoms with Gasteiger partial charge in [0.05, 0.1) is 17.6 Å². The Kier molecular flexibility index (Phi) is 6.57. The van der Waals surface area contributed by atoms with Crippen LogP contribution in [0.25, 0.3) is 0 Å². The molecule has 0 spiro atoms. The molecule has 0 bridgehead atoms. The fourth-order valence-electron chi connectivity index (χ4n) is 3.73. The lowest BCUT2D eigenvalue weighted by Crippen LogP contribution is -2.55. The number of hydrogen-bond donors (Lipinski definition) is 0. The lowest BCUT2D eigenvalue weighted by Gasteiger charge is -2.39. The van der Waals surface area contributed by atoms with Crippen LogP contribution >= 0.6 is 11.6 Å². The van der Waals surface area contributed by atoms with Gasteiger partial charge in [-0.2, -0.15) is 0 Å². The molecule has 0 aliphatic carbocycles. The molecular formula is C21H25ClFN3O3S. The summed E-state index contributed by atoms with van der Waals surface area (Å²) in [6.07, 6.45) is 1.08. The average molecular weight is 454 g/mol. The predicted molar refractivity (Wildman–Crippen MR) is 118 cm³/mol. The minimum Gasteiger partial charge on any atom is -0.366 e. The number of carbonyl (C=O) groups excluding carboxylic acids is 1. The van der Waals surface area contributed by atoms with Crippen molar-refractivity contribution in [2.75, 3.05) is 41.6 Å². The van der Waals surface area contributed by atoms with E-state index in [1.54, 1.807) is 55.1 Å². The summed E-state index contributed by atoms with van der Waals surface area (Å²) in [7, 11) is -3.73. The number of anilines is 2. The molecule has 3 rings (SSSR count). The lowest BCUT2D eigenvalue weighted by atomic mass is 10.1. The van der Waals surface area contributed by atoms with Crippen molar-refractivity contribution < 1.29 is 17.6 Å². The van der Waals surface area contributed by atoms with Gasteiger partial charge in [0.25, 0.3) is 0 Å². The molecule has 1 aliphatic rings. The quantitative estimate of drug-likeness (QED) is 0.697. The smallest absolute Gasteiger partial charge is 0.246 e. The molecule has 0 aromatic heterocycles. The van der Waals surface area contributed by atoms with Gasteiger partial charge < -0.3 is 9.80 Å². The number of rotatable bonds is 5. The van der Waals surface area contributed by atoms with Crippen LogP contribution in [0.4, 0.5) is 15.8 Å². The van der Waals surface area contributed by atoms with Gasteiger partial charge in [0, 0.05) is 31.2 Å². The Labute approximate surface area is 181 Å². The van der Waals surface area contributed by atoms with E-state index in [2.05, 4.69) is 0 Å². The SMILES string of the molecule is Cc1ccc(Cl)cc1N([C@@H](C)C(=O)N1CCN(c2ccccc2F)CC1)S(C)(=O)=O. The minimum atomic E-state index is -3.73. The van der Waals surface area contributed by atoms with Gasteiger partial charge >= 0.3 is 0 Å². The zero-order valence-electron chi connectivity index (χ0n) is 17.2. The number of hydrogen-bond acceptors (Lipinski definition) is 4. The van der Waals surface area contributed by atoms with E-state index in [1.807, 2.05) is 4.90 Å². The van der Waals surface area contributed by atoms with Crippen LogP contribution in [0.15, 0.2) is 42.5 Å². The number of sulfonamides is 1. The van der Waals surface area contributed by atoms with Crippen molar-refractivity contribution in [2.45, 2.75) is 19.9 Å². The summed E-state index contributed by atoms with van der Waals surface area (Å²) in [5.41, 5.74) is 1.59. The van der Waals surface area contributed by atoms with Gasteiger partial charge in [-0.3, -0.25) is 9.10 Å². The maximum absolute atomic E-state index is 14.0. The molecule has 0 radical (unpaired) electrons. The molecule has 162 valence electrons. The van der Waals surface area contributed by atoms with Gasteiger partial charge in [-0.25, -0.2) is 12.8 Å². The van der Waals surface area contributed by atoms with E-state index in [4.69, 9.17) is 11.6 Å². The number of para-hydroxylation sites is 1. The number of benzene rings is 2. The molecule has 1 heterocycles. The van der Waals surface area contributed by atoms with E-state index in [1.165, 1.54) is 6.07 Å². The minimum absolute atomic E-state index is 0.298. The Bertz CT molecular complexity index is 1040. The average Bonchev–Trinajstić information content (AvgIpc) is 2.69. The van der Waals surface area contributed by atoms with E-state index >= 15 is 0 Å². The number of piperazine rings is 1. The van der Waals surface area contributed by atoms with Crippen molar-refractivity contribution in [2.24, 2.45) is 0 Å². The fraction of sp³-hybridized carbons (Fsp3) is 0.381. The second kappa shape index (κ2) is 8.81. The monoisotopic (exact) mass is 453 g/mol. The van der Waals surface area contributed by atoms with Crippen LogP contribution in [-0.4, -0.2) is 57.7 Å². The number of aryl methyl sites for hydroxylation is 1. The van der Waals surface area contributed by atoms with Gasteiger partial charge in [0.2, 0.25) is 15.9 Å². The van der Waals surface area contributed by atoms with Crippen molar-refractivity contribution in [3.63, 3.8) is 0 Å². The first-order chi connectivity index (χ1) is 14.1. The van der Waals surface area contributed by atoms with Crippen LogP contribution in [0, 0.1) is 12.7 Å². The first-order valence-electron chi connectivity index (χ1n) is 9.63. The van der Waals surface area contributed by atoms with E-state index in [9.17, 15) is 17.6 Å². The van der Waals surface area contributed by atoms with Gasteiger partial charge in [-0.15, -0.1) is 0 Å². The van der Waals surface area contributed by atoms with E-state index in [0.717, 1.165) is 10.6 Å². The van der Waals surface area contributed by atoms with Crippen LogP contribution in [0.2, 0.25) is 5.02 Å². The third kappa shape index (κ3) is 4.70. The molecule has 9 heteroatoms. The third-order valence-electron chi connectivity index (χ3n) is 5.26. The molecule has 2 aromatic rings. The van der Waals surface area contributed by atoms with Gasteiger partial charge in [0.1, 0.15) is 11.9 Å². The number of amides is 1. The molecule has 1 fully saturated rings. The highest BCUT2D eigenvalue weighted by molar-refractivity contribution is 7.92. The van der Waals surface area contributed by atoms with Gasteiger partial charge in [-0.05, 0) is 43.7 Å². The molecule has 0 saturated carbocycles. The number of carbonyl (C=O) groups is 1. The summed E-state index contributed by atoms with van der Waals surface area (Å²) in [5.74, 6) is -0.599. The molecule has 30 heavy (non-hydrogen) atoms. The highest BCUT2D eigenvalue weighted by Crippen LogP contribution is 2.29. The van der Waals surface area contributed by atoms with Crippen LogP contribution in [-0.2, 0) is 14.8 Å². The summed E-state index contributed by atoms with van der Waals surface area (Å²) in [6.45, 7) is 5.04. The van der Waals surface area contributed by atoms with Crippen LogP contribution in [0.1, 0.15) is 12.5 Å². The van der Waals surface area contributed by atoms with Crippen molar-refractivity contribution in [1.82, 2.24) is 4.90 Å². The first-order valence-corrected chi connectivity index (χ1v) is 11.9. The molecule has 6 nitrogen and oxygen atoms in total. The van der Waals surface area contributed by atoms with E-state index < -0.39 is 16.1 Å². The van der Waals surface area contributed by atoms with Gasteiger partial charge in [0.15, 0.2) is 0 Å². The second-order valence-corrected chi connectivity index (χ2v) is 9.73. The van der Waals surface area contributed by atoms with Crippen LogP contribution < -0.4 is 9.21 Å². The maximum Gasteiger partial charge on any atom is 0.246 e. The molecule has 0 unspecified atom stereocenters. The Balaban J connectivity index is 1.78. The molecule has 2 aromatic carbocycles. The Morgan fingerprint density at radius 3 is 2.37 bits per heavy atom. The highest BCUT2D eigenvalue weighted by Gasteiger charge is 2.34. The normalized spacial score (nSPS) is 15.8. The highest BCUT2D eigenvalue weighted by atomic mass is 35.5. The van der Waals surface area contributed by atoms with Crippen molar-refractivity contribution in [3.05, 3.63) is 58.9 Å². The van der Waals surface area contributed by atoms with E-state index in [0.29, 0.717) is 48.1 Å². The predicted octanol–water partition coefficient (Wildman–Crippen LogP) is 3.29. The van der Waals surface area contributed by atoms with Crippen LogP contribution in [0.5, 0.6) is 0 Å². The summed E-state index contributed by atoms with van der Waals surface area (Å²) in [5, 5.41) is 0.391. The fourth-order valence-corrected chi connectivity index (χ4v) is 5.12. The molecule has 1 aliphatic heterocycles. The van der Waals surface area contributed by atoms with Gasteiger partial charge in [-0.1, -0.05) is 29.8 Å². The molecule has 1 atom stereocenters. The molecule has 1 saturated heterocycles. The largest absolute Gasteiger partial charge is 0.366 e. The summed E-state index contributed by atoms with van der Waals surface area (Å²) in [4.78, 5) is 16.7. The Morgan fingerprint density at radius 1 is 1.13 bits per heavy atom. The standard InChI is InChI=1S/C21H25ClFN3O3S/c1-15-8-9-17(22)14-20(15)26(30(3,28)29)16(2)21(27)25-12-10-24(11-13-25)19-7-5-4-6-18(19)23/h4-9,14,16H,10-13H2,1-3H3/t16-/m0/s1. The maximum atomic E-state index is 14.0. The third-order valence-corrected chi connectivity index (χ3v) is 6.72. The topological polar surface area (TPSA) is 60.9 Å². The van der Waals surface area contributed by atoms with Crippen LogP contribution in [0.3, 0.4) is 0 Å². The van der Waals surface area contributed by atoms with Crippen molar-refractivity contribution in [1.29, 1.82) is 0 Å². The molecular weight excluding hydrogens is 429 g/mol. The second-order valence-electron chi connectivity index (χ2n) is 7.43. The zero-order chi connectivity index (χ0) is 22.1. The molecule has 1 amide bonds. The lowest BCUT2D eigenvalue weighted by molar-refractivity contribution is -0.132. The summed E-state index contributed by atoms with van der Waals surface area (Å²) < 4.78 is 40.3. The Morgan fingerprint density at radius 2 is 1.77 bits per heavy atom. The number of halogens is 2. The summed E-state index contributed by atoms with van der Waals surface area (Å²) >= 11 is 6.08.